The van der Waals surface area contributed by atoms with Gasteiger partial charge in [0, 0.05) is 13.0 Å². The summed E-state index contributed by atoms with van der Waals surface area (Å²) in [5.41, 5.74) is 5.19. The average molecular weight is 417 g/mol. The summed E-state index contributed by atoms with van der Waals surface area (Å²) in [4.78, 5) is 12.4. The van der Waals surface area contributed by atoms with Crippen molar-refractivity contribution in [3.05, 3.63) is 64.7 Å². The van der Waals surface area contributed by atoms with Crippen molar-refractivity contribution in [1.82, 2.24) is 5.32 Å². The average Bonchev–Trinajstić information content (AvgIpc) is 2.66. The molecule has 0 unspecified atom stereocenters. The van der Waals surface area contributed by atoms with Crippen LogP contribution in [-0.2, 0) is 21.2 Å². The molecular weight excluding hydrogens is 384 g/mol. The molecule has 0 aliphatic rings. The van der Waals surface area contributed by atoms with Crippen LogP contribution in [0.25, 0.3) is 0 Å². The minimum Gasteiger partial charge on any atom is -0.350 e. The van der Waals surface area contributed by atoms with Crippen LogP contribution in [0.2, 0.25) is 0 Å². The Morgan fingerprint density at radius 2 is 1.76 bits per heavy atom. The van der Waals surface area contributed by atoms with E-state index in [0.717, 1.165) is 28.7 Å². The Morgan fingerprint density at radius 3 is 2.34 bits per heavy atom. The minimum atomic E-state index is -3.41. The summed E-state index contributed by atoms with van der Waals surface area (Å²) >= 11 is 0. The summed E-state index contributed by atoms with van der Waals surface area (Å²) in [6.07, 6.45) is 2.82. The van der Waals surface area contributed by atoms with Gasteiger partial charge >= 0.3 is 0 Å². The van der Waals surface area contributed by atoms with Gasteiger partial charge in [0.2, 0.25) is 15.9 Å². The number of anilines is 1. The molecule has 0 fully saturated rings. The Hall–Kier alpha value is -2.34. The van der Waals surface area contributed by atoms with Crippen molar-refractivity contribution in [2.75, 3.05) is 17.1 Å². The highest BCUT2D eigenvalue weighted by Gasteiger charge is 2.18. The molecule has 0 heterocycles. The number of benzene rings is 2. The van der Waals surface area contributed by atoms with Gasteiger partial charge in [-0.2, -0.15) is 0 Å². The van der Waals surface area contributed by atoms with E-state index in [0.29, 0.717) is 12.1 Å². The van der Waals surface area contributed by atoms with Gasteiger partial charge in [-0.25, -0.2) is 8.42 Å². The zero-order chi connectivity index (χ0) is 21.6. The third kappa shape index (κ3) is 6.60. The lowest BCUT2D eigenvalue weighted by Gasteiger charge is -2.23. The van der Waals surface area contributed by atoms with Crippen LogP contribution < -0.4 is 9.62 Å². The lowest BCUT2D eigenvalue weighted by Crippen LogP contribution is -2.32. The predicted molar refractivity (Wildman–Crippen MR) is 120 cm³/mol. The number of hydrogen-bond donors (Lipinski definition) is 1. The first-order valence-electron chi connectivity index (χ1n) is 10.0. The second-order valence-corrected chi connectivity index (χ2v) is 9.51. The first kappa shape index (κ1) is 22.9. The molecule has 0 saturated heterocycles. The predicted octanol–water partition coefficient (Wildman–Crippen LogP) is 4.29. The Balaban J connectivity index is 1.96. The molecule has 0 aromatic heterocycles. The molecular formula is C23H32N2O3S. The van der Waals surface area contributed by atoms with Gasteiger partial charge in [0.25, 0.3) is 0 Å². The van der Waals surface area contributed by atoms with E-state index in [1.54, 1.807) is 0 Å². The standard InChI is InChI=1S/C23H32N2O3S/c1-6-20-11-13-21(14-12-20)25(29(5,27)28)15-7-8-23(26)24-19(4)22-16-17(2)9-10-18(22)3/h9-14,16,19H,6-8,15H2,1-5H3,(H,24,26)/t19-/m1/s1. The van der Waals surface area contributed by atoms with E-state index >= 15 is 0 Å². The molecule has 1 atom stereocenters. The van der Waals surface area contributed by atoms with E-state index < -0.39 is 10.0 Å². The van der Waals surface area contributed by atoms with Crippen molar-refractivity contribution in [2.45, 2.75) is 53.0 Å². The van der Waals surface area contributed by atoms with Crippen LogP contribution in [0.4, 0.5) is 5.69 Å². The molecule has 1 N–H and O–H groups in total. The van der Waals surface area contributed by atoms with Gasteiger partial charge < -0.3 is 5.32 Å². The lowest BCUT2D eigenvalue weighted by molar-refractivity contribution is -0.121. The molecule has 1 amide bonds. The summed E-state index contributed by atoms with van der Waals surface area (Å²) in [5, 5.41) is 3.02. The van der Waals surface area contributed by atoms with Crippen LogP contribution in [0.15, 0.2) is 42.5 Å². The molecule has 0 bridgehead atoms. The van der Waals surface area contributed by atoms with Gasteiger partial charge in [-0.3, -0.25) is 9.10 Å². The van der Waals surface area contributed by atoms with E-state index in [-0.39, 0.29) is 24.9 Å². The van der Waals surface area contributed by atoms with Gasteiger partial charge in [-0.1, -0.05) is 42.8 Å². The monoisotopic (exact) mass is 416 g/mol. The van der Waals surface area contributed by atoms with Crippen molar-refractivity contribution in [1.29, 1.82) is 0 Å². The van der Waals surface area contributed by atoms with Gasteiger partial charge in [0.1, 0.15) is 0 Å². The normalized spacial score (nSPS) is 12.4. The maximum atomic E-state index is 12.4. The molecule has 158 valence electrons. The zero-order valence-corrected chi connectivity index (χ0v) is 18.8. The molecule has 0 saturated carbocycles. The molecule has 29 heavy (non-hydrogen) atoms. The van der Waals surface area contributed by atoms with Crippen LogP contribution in [0, 0.1) is 13.8 Å². The Labute approximate surface area is 175 Å². The summed E-state index contributed by atoms with van der Waals surface area (Å²) in [5.74, 6) is -0.0758. The quantitative estimate of drug-likeness (QED) is 0.663. The highest BCUT2D eigenvalue weighted by Crippen LogP contribution is 2.21. The van der Waals surface area contributed by atoms with Crippen molar-refractivity contribution in [3.63, 3.8) is 0 Å². The third-order valence-electron chi connectivity index (χ3n) is 5.08. The fourth-order valence-corrected chi connectivity index (χ4v) is 4.35. The smallest absolute Gasteiger partial charge is 0.232 e. The number of rotatable bonds is 9. The first-order chi connectivity index (χ1) is 13.6. The SMILES string of the molecule is CCc1ccc(N(CCCC(=O)N[C@H](C)c2cc(C)ccc2C)S(C)(=O)=O)cc1. The van der Waals surface area contributed by atoms with Crippen LogP contribution in [0.3, 0.4) is 0 Å². The highest BCUT2D eigenvalue weighted by molar-refractivity contribution is 7.92. The number of carbonyl (C=O) groups excluding carboxylic acids is 1. The van der Waals surface area contributed by atoms with E-state index in [1.807, 2.05) is 45.0 Å². The number of nitrogens with zero attached hydrogens (tertiary/aromatic N) is 1. The second kappa shape index (κ2) is 9.92. The van der Waals surface area contributed by atoms with Crippen LogP contribution in [0.5, 0.6) is 0 Å². The fourth-order valence-electron chi connectivity index (χ4n) is 3.39. The number of carbonyl (C=O) groups is 1. The highest BCUT2D eigenvalue weighted by atomic mass is 32.2. The van der Waals surface area contributed by atoms with Gasteiger partial charge in [-0.05, 0) is 62.4 Å². The van der Waals surface area contributed by atoms with E-state index in [4.69, 9.17) is 0 Å². The van der Waals surface area contributed by atoms with Crippen molar-refractivity contribution in [2.24, 2.45) is 0 Å². The topological polar surface area (TPSA) is 66.5 Å². The number of nitrogens with one attached hydrogen (secondary N) is 1. The fraction of sp³-hybridized carbons (Fsp3) is 0.435. The summed E-state index contributed by atoms with van der Waals surface area (Å²) in [7, 11) is -3.41. The van der Waals surface area contributed by atoms with Crippen LogP contribution in [-0.4, -0.2) is 27.1 Å². The summed E-state index contributed by atoms with van der Waals surface area (Å²) in [6.45, 7) is 8.37. The van der Waals surface area contributed by atoms with Gasteiger partial charge in [0.05, 0.1) is 18.0 Å². The minimum absolute atomic E-state index is 0.0758. The molecule has 5 nitrogen and oxygen atoms in total. The lowest BCUT2D eigenvalue weighted by atomic mass is 10.00. The molecule has 0 spiro atoms. The van der Waals surface area contributed by atoms with Gasteiger partial charge in [0.15, 0.2) is 0 Å². The van der Waals surface area contributed by atoms with Crippen molar-refractivity contribution >= 4 is 21.6 Å². The Kier molecular flexibility index (Phi) is 7.85. The zero-order valence-electron chi connectivity index (χ0n) is 18.0. The molecule has 0 aliphatic carbocycles. The second-order valence-electron chi connectivity index (χ2n) is 7.61. The van der Waals surface area contributed by atoms with Crippen molar-refractivity contribution in [3.8, 4) is 0 Å². The molecule has 0 aliphatic heterocycles. The third-order valence-corrected chi connectivity index (χ3v) is 6.27. The number of aryl methyl sites for hydroxylation is 3. The Morgan fingerprint density at radius 1 is 1.10 bits per heavy atom. The number of hydrogen-bond acceptors (Lipinski definition) is 3. The maximum Gasteiger partial charge on any atom is 0.232 e. The maximum absolute atomic E-state index is 12.4. The molecule has 0 radical (unpaired) electrons. The largest absolute Gasteiger partial charge is 0.350 e. The molecule has 6 heteroatoms. The molecule has 2 rings (SSSR count). The van der Waals surface area contributed by atoms with Crippen LogP contribution in [0.1, 0.15) is 55.0 Å². The van der Waals surface area contributed by atoms with E-state index in [2.05, 4.69) is 30.4 Å². The summed E-state index contributed by atoms with van der Waals surface area (Å²) in [6, 6.07) is 13.6. The Bertz CT molecular complexity index is 937. The number of sulfonamides is 1. The van der Waals surface area contributed by atoms with Crippen LogP contribution >= 0.6 is 0 Å². The van der Waals surface area contributed by atoms with E-state index in [9.17, 15) is 13.2 Å². The molecule has 2 aromatic carbocycles. The summed E-state index contributed by atoms with van der Waals surface area (Å²) < 4.78 is 25.8. The van der Waals surface area contributed by atoms with Gasteiger partial charge in [-0.15, -0.1) is 0 Å². The van der Waals surface area contributed by atoms with E-state index in [1.165, 1.54) is 10.6 Å². The first-order valence-corrected chi connectivity index (χ1v) is 11.9. The molecule has 2 aromatic rings. The number of amides is 1. The van der Waals surface area contributed by atoms with Crippen molar-refractivity contribution < 1.29 is 13.2 Å².